The van der Waals surface area contributed by atoms with E-state index in [9.17, 15) is 5.11 Å². The van der Waals surface area contributed by atoms with Gasteiger partial charge in [-0.15, -0.1) is 6.54 Å². The van der Waals surface area contributed by atoms with Crippen molar-refractivity contribution in [3.05, 3.63) is 5.32 Å². The molecule has 11 heavy (non-hydrogen) atoms. The van der Waals surface area contributed by atoms with Crippen molar-refractivity contribution < 1.29 is 39.1 Å². The van der Waals surface area contributed by atoms with E-state index < -0.39 is 0 Å². The molecular formula is C5H9Br2Mg2NO. The van der Waals surface area contributed by atoms with Gasteiger partial charge in [0, 0.05) is 0 Å². The molecule has 2 nitrogen and oxygen atoms in total. The van der Waals surface area contributed by atoms with Crippen LogP contribution in [0.3, 0.4) is 0 Å². The first kappa shape index (κ1) is 23.3. The van der Waals surface area contributed by atoms with Gasteiger partial charge in [-0.1, -0.05) is 12.8 Å². The van der Waals surface area contributed by atoms with Crippen LogP contribution in [0.15, 0.2) is 0 Å². The smallest absolute Gasteiger partial charge is 1.00 e. The molecule has 0 radical (unpaired) electrons. The topological polar surface area (TPSA) is 37.2 Å². The second-order valence-electron chi connectivity index (χ2n) is 1.87. The molecule has 1 heterocycles. The predicted molar refractivity (Wildman–Crippen MR) is 37.6 cm³/mol. The van der Waals surface area contributed by atoms with Gasteiger partial charge in [0.1, 0.15) is 0 Å². The zero-order valence-corrected chi connectivity index (χ0v) is 12.4. The summed E-state index contributed by atoms with van der Waals surface area (Å²) in [4.78, 5) is 0. The number of rotatable bonds is 1. The Morgan fingerprint density at radius 2 is 1.82 bits per heavy atom. The Labute approximate surface area is 121 Å². The minimum Gasteiger partial charge on any atom is -1.00 e. The first-order chi connectivity index (χ1) is 3.43. The van der Waals surface area contributed by atoms with Crippen LogP contribution in [-0.4, -0.2) is 65.3 Å². The fourth-order valence-corrected chi connectivity index (χ4v) is 0.828. The third-order valence-corrected chi connectivity index (χ3v) is 1.28. The molecule has 1 aliphatic rings. The second-order valence-corrected chi connectivity index (χ2v) is 1.87. The van der Waals surface area contributed by atoms with Crippen molar-refractivity contribution in [2.75, 3.05) is 13.2 Å². The van der Waals surface area contributed by atoms with E-state index in [0.29, 0.717) is 0 Å². The van der Waals surface area contributed by atoms with Crippen LogP contribution in [0.25, 0.3) is 5.32 Å². The summed E-state index contributed by atoms with van der Waals surface area (Å²) < 4.78 is 0. The minimum absolute atomic E-state index is 0. The van der Waals surface area contributed by atoms with Gasteiger partial charge in [-0.3, -0.25) is 0 Å². The molecule has 0 amide bonds. The Hall–Kier alpha value is 2.41. The Bertz CT molecular complexity index is 64.4. The molecule has 0 N–H and O–H groups in total. The van der Waals surface area contributed by atoms with Crippen molar-refractivity contribution >= 4 is 46.1 Å². The summed E-state index contributed by atoms with van der Waals surface area (Å²) >= 11 is 0. The van der Waals surface area contributed by atoms with Crippen molar-refractivity contribution in [2.45, 2.75) is 18.9 Å². The summed E-state index contributed by atoms with van der Waals surface area (Å²) in [6, 6.07) is 0.167. The molecule has 0 aromatic carbocycles. The van der Waals surface area contributed by atoms with E-state index in [-0.39, 0.29) is 92.7 Å². The summed E-state index contributed by atoms with van der Waals surface area (Å²) in [7, 11) is 0. The number of nitrogens with zero attached hydrogens (tertiary/aromatic N) is 1. The first-order valence-electron chi connectivity index (χ1n) is 2.68. The predicted octanol–water partition coefficient (Wildman–Crippen LogP) is -6.87. The average Bonchev–Trinajstić information content (AvgIpc) is 2.14. The molecule has 6 heteroatoms. The van der Waals surface area contributed by atoms with Crippen molar-refractivity contribution in [2.24, 2.45) is 0 Å². The molecule has 0 spiro atoms. The van der Waals surface area contributed by atoms with Crippen LogP contribution >= 0.6 is 0 Å². The fraction of sp³-hybridized carbons (Fsp3) is 1.00. The summed E-state index contributed by atoms with van der Waals surface area (Å²) in [6.07, 6.45) is 2.16. The maximum absolute atomic E-state index is 10.0. The summed E-state index contributed by atoms with van der Waals surface area (Å²) in [6.45, 7) is 0.924. The quantitative estimate of drug-likeness (QED) is 0.444. The van der Waals surface area contributed by atoms with Crippen LogP contribution in [0.4, 0.5) is 0 Å². The van der Waals surface area contributed by atoms with Crippen molar-refractivity contribution in [3.63, 3.8) is 0 Å². The Morgan fingerprint density at radius 3 is 2.00 bits per heavy atom. The molecule has 0 unspecified atom stereocenters. The van der Waals surface area contributed by atoms with Gasteiger partial charge < -0.3 is 44.4 Å². The van der Waals surface area contributed by atoms with Crippen LogP contribution in [0, 0.1) is 0 Å². The van der Waals surface area contributed by atoms with E-state index in [2.05, 4.69) is 5.32 Å². The van der Waals surface area contributed by atoms with Crippen LogP contribution in [0.1, 0.15) is 12.8 Å². The molecule has 0 saturated carbocycles. The number of hydrogen-bond acceptors (Lipinski definition) is 1. The summed E-state index contributed by atoms with van der Waals surface area (Å²) in [5.74, 6) is 0. The van der Waals surface area contributed by atoms with Gasteiger partial charge in [0.2, 0.25) is 0 Å². The SMILES string of the molecule is [Br-].[Br-].[Mg+2].[Mg+2].[O-]C[C@@H]1CCC[N-]1. The van der Waals surface area contributed by atoms with Gasteiger partial charge in [-0.25, -0.2) is 0 Å². The van der Waals surface area contributed by atoms with Crippen LogP contribution in [0.5, 0.6) is 0 Å². The zero-order chi connectivity index (χ0) is 5.11. The van der Waals surface area contributed by atoms with Gasteiger partial charge in [-0.2, -0.15) is 12.6 Å². The molecule has 0 aromatic rings. The molecule has 0 aromatic heterocycles. The molecule has 1 rings (SSSR count). The van der Waals surface area contributed by atoms with Crippen LogP contribution < -0.4 is 39.1 Å². The summed E-state index contributed by atoms with van der Waals surface area (Å²) in [5.41, 5.74) is 0. The van der Waals surface area contributed by atoms with E-state index in [1.54, 1.807) is 0 Å². The second kappa shape index (κ2) is 14.9. The van der Waals surface area contributed by atoms with Gasteiger partial charge in [-0.05, 0) is 0 Å². The Kier molecular flexibility index (Phi) is 31.6. The van der Waals surface area contributed by atoms with Crippen molar-refractivity contribution in [3.8, 4) is 0 Å². The third kappa shape index (κ3) is 10.3. The first-order valence-corrected chi connectivity index (χ1v) is 2.68. The summed E-state index contributed by atoms with van der Waals surface area (Å²) in [5, 5.41) is 14.1. The maximum Gasteiger partial charge on any atom is 2.00 e. The van der Waals surface area contributed by atoms with Crippen molar-refractivity contribution in [1.82, 2.24) is 0 Å². The number of hydrogen-bond donors (Lipinski definition) is 0. The van der Waals surface area contributed by atoms with Gasteiger partial charge >= 0.3 is 46.1 Å². The normalized spacial score (nSPS) is 19.9. The monoisotopic (exact) mass is 305 g/mol. The fourth-order valence-electron chi connectivity index (χ4n) is 0.828. The van der Waals surface area contributed by atoms with E-state index >= 15 is 0 Å². The van der Waals surface area contributed by atoms with E-state index in [1.165, 1.54) is 0 Å². The van der Waals surface area contributed by atoms with Crippen molar-refractivity contribution in [1.29, 1.82) is 0 Å². The van der Waals surface area contributed by atoms with E-state index in [1.807, 2.05) is 0 Å². The van der Waals surface area contributed by atoms with Gasteiger partial charge in [0.05, 0.1) is 0 Å². The standard InChI is InChI=1S/C5H9NO.2BrH.2Mg/c7-4-5-2-1-3-6-5;;;;/h5H,1-4H2;2*1H;;/q-2;;;2*+2/p-2/t5-;;;;/m0..../s1. The molecule has 1 saturated heterocycles. The van der Waals surface area contributed by atoms with Crippen LogP contribution in [-0.2, 0) is 0 Å². The largest absolute Gasteiger partial charge is 2.00 e. The minimum atomic E-state index is 0. The number of halogens is 2. The molecule has 1 atom stereocenters. The van der Waals surface area contributed by atoms with E-state index in [4.69, 9.17) is 0 Å². The molecule has 1 fully saturated rings. The Morgan fingerprint density at radius 1 is 1.27 bits per heavy atom. The molecule has 0 aliphatic carbocycles. The van der Waals surface area contributed by atoms with Gasteiger partial charge in [0.15, 0.2) is 0 Å². The Balaban J connectivity index is -0.0000000612. The average molecular weight is 308 g/mol. The van der Waals surface area contributed by atoms with E-state index in [0.717, 1.165) is 19.4 Å². The zero-order valence-electron chi connectivity index (χ0n) is 6.43. The molecule has 0 bridgehead atoms. The maximum atomic E-state index is 10.0. The molecule has 58 valence electrons. The third-order valence-electron chi connectivity index (χ3n) is 1.28. The van der Waals surface area contributed by atoms with Gasteiger partial charge in [0.25, 0.3) is 0 Å². The molecular weight excluding hydrogens is 298 g/mol. The van der Waals surface area contributed by atoms with Crippen LogP contribution in [0.2, 0.25) is 0 Å². The molecule has 1 aliphatic heterocycles.